The van der Waals surface area contributed by atoms with Crippen molar-refractivity contribution >= 4 is 0 Å². The number of aliphatic hydroxyl groups excluding tert-OH is 1. The van der Waals surface area contributed by atoms with E-state index in [0.717, 1.165) is 23.7 Å². The maximum Gasteiger partial charge on any atom is 0.216 e. The maximum atomic E-state index is 9.17. The molecule has 1 aromatic heterocycles. The Labute approximate surface area is 114 Å². The highest BCUT2D eigenvalue weighted by Crippen LogP contribution is 2.31. The van der Waals surface area contributed by atoms with Gasteiger partial charge in [0, 0.05) is 26.2 Å². The Balaban J connectivity index is 2.14. The van der Waals surface area contributed by atoms with Gasteiger partial charge in [-0.2, -0.15) is 5.10 Å². The quantitative estimate of drug-likeness (QED) is 0.719. The molecule has 1 saturated carbocycles. The molecule has 0 radical (unpaired) electrons. The predicted octanol–water partition coefficient (Wildman–Crippen LogP) is 1.25. The molecule has 1 N–H and O–H groups in total. The lowest BCUT2D eigenvalue weighted by Crippen LogP contribution is -2.29. The SMILES string of the molecule is C=CCOc1c(CN(CCO)C2CC2)c(C)nn1C. The average molecular weight is 265 g/mol. The minimum atomic E-state index is 0.193. The number of rotatable bonds is 8. The third-order valence-corrected chi connectivity index (χ3v) is 3.44. The number of aliphatic hydroxyl groups is 1. The summed E-state index contributed by atoms with van der Waals surface area (Å²) < 4.78 is 7.49. The topological polar surface area (TPSA) is 50.5 Å². The lowest BCUT2D eigenvalue weighted by molar-refractivity contribution is 0.181. The summed E-state index contributed by atoms with van der Waals surface area (Å²) in [5, 5.41) is 13.6. The molecule has 106 valence electrons. The molecule has 1 fully saturated rings. The number of aryl methyl sites for hydroxylation is 2. The summed E-state index contributed by atoms with van der Waals surface area (Å²) in [5.41, 5.74) is 2.11. The van der Waals surface area contributed by atoms with Crippen LogP contribution in [0.25, 0.3) is 0 Å². The lowest BCUT2D eigenvalue weighted by Gasteiger charge is -2.21. The van der Waals surface area contributed by atoms with Crippen molar-refractivity contribution in [3.8, 4) is 5.88 Å². The van der Waals surface area contributed by atoms with Gasteiger partial charge in [0.25, 0.3) is 0 Å². The van der Waals surface area contributed by atoms with Crippen molar-refractivity contribution < 1.29 is 9.84 Å². The molecule has 0 unspecified atom stereocenters. The van der Waals surface area contributed by atoms with Gasteiger partial charge in [-0.25, -0.2) is 4.68 Å². The molecule has 0 aromatic carbocycles. The van der Waals surface area contributed by atoms with Crippen LogP contribution in [0.4, 0.5) is 0 Å². The molecule has 0 atom stereocenters. The first-order chi connectivity index (χ1) is 9.17. The molecule has 5 heteroatoms. The monoisotopic (exact) mass is 265 g/mol. The molecule has 0 saturated heterocycles. The highest BCUT2D eigenvalue weighted by atomic mass is 16.5. The van der Waals surface area contributed by atoms with Crippen molar-refractivity contribution in [1.82, 2.24) is 14.7 Å². The van der Waals surface area contributed by atoms with Crippen LogP contribution < -0.4 is 4.74 Å². The van der Waals surface area contributed by atoms with Crippen molar-refractivity contribution in [2.24, 2.45) is 7.05 Å². The van der Waals surface area contributed by atoms with Gasteiger partial charge < -0.3 is 9.84 Å². The first-order valence-corrected chi connectivity index (χ1v) is 6.78. The summed E-state index contributed by atoms with van der Waals surface area (Å²) >= 11 is 0. The Morgan fingerprint density at radius 2 is 2.32 bits per heavy atom. The van der Waals surface area contributed by atoms with Crippen LogP contribution in [0.1, 0.15) is 24.1 Å². The smallest absolute Gasteiger partial charge is 0.216 e. The van der Waals surface area contributed by atoms with E-state index in [2.05, 4.69) is 16.6 Å². The van der Waals surface area contributed by atoms with Crippen molar-refractivity contribution in [2.75, 3.05) is 19.8 Å². The van der Waals surface area contributed by atoms with E-state index >= 15 is 0 Å². The summed E-state index contributed by atoms with van der Waals surface area (Å²) in [5.74, 6) is 0.806. The van der Waals surface area contributed by atoms with Crippen molar-refractivity contribution in [1.29, 1.82) is 0 Å². The fourth-order valence-corrected chi connectivity index (χ4v) is 2.34. The van der Waals surface area contributed by atoms with Crippen molar-refractivity contribution in [3.63, 3.8) is 0 Å². The number of aromatic nitrogens is 2. The fraction of sp³-hybridized carbons (Fsp3) is 0.643. The van der Waals surface area contributed by atoms with Crippen molar-refractivity contribution in [2.45, 2.75) is 32.4 Å². The van der Waals surface area contributed by atoms with Gasteiger partial charge in [-0.05, 0) is 19.8 Å². The zero-order valence-electron chi connectivity index (χ0n) is 11.8. The molecule has 5 nitrogen and oxygen atoms in total. The normalized spacial score (nSPS) is 14.9. The molecule has 1 aliphatic carbocycles. The maximum absolute atomic E-state index is 9.17. The number of hydrogen-bond acceptors (Lipinski definition) is 4. The summed E-state index contributed by atoms with van der Waals surface area (Å²) in [7, 11) is 1.89. The summed E-state index contributed by atoms with van der Waals surface area (Å²) in [6.45, 7) is 7.84. The first-order valence-electron chi connectivity index (χ1n) is 6.78. The largest absolute Gasteiger partial charge is 0.473 e. The van der Waals surface area contributed by atoms with Crippen LogP contribution in [0.3, 0.4) is 0 Å². The van der Waals surface area contributed by atoms with E-state index in [4.69, 9.17) is 9.84 Å². The minimum absolute atomic E-state index is 0.193. The number of ether oxygens (including phenoxy) is 1. The van der Waals surface area contributed by atoms with E-state index < -0.39 is 0 Å². The number of nitrogens with zero attached hydrogens (tertiary/aromatic N) is 3. The van der Waals surface area contributed by atoms with Crippen LogP contribution in [-0.2, 0) is 13.6 Å². The summed E-state index contributed by atoms with van der Waals surface area (Å²) in [6.07, 6.45) is 4.18. The van der Waals surface area contributed by atoms with Gasteiger partial charge in [-0.1, -0.05) is 12.7 Å². The van der Waals surface area contributed by atoms with Crippen LogP contribution in [0, 0.1) is 6.92 Å². The lowest BCUT2D eigenvalue weighted by atomic mass is 10.2. The zero-order chi connectivity index (χ0) is 13.8. The molecular weight excluding hydrogens is 242 g/mol. The van der Waals surface area contributed by atoms with E-state index in [-0.39, 0.29) is 6.61 Å². The highest BCUT2D eigenvalue weighted by Gasteiger charge is 2.30. The Kier molecular flexibility index (Phi) is 4.61. The first kappa shape index (κ1) is 14.1. The van der Waals surface area contributed by atoms with E-state index in [1.165, 1.54) is 12.8 Å². The Hall–Kier alpha value is -1.33. The van der Waals surface area contributed by atoms with Crippen LogP contribution in [0.5, 0.6) is 5.88 Å². The Morgan fingerprint density at radius 1 is 1.58 bits per heavy atom. The Bertz CT molecular complexity index is 438. The van der Waals surface area contributed by atoms with Crippen LogP contribution in [0.15, 0.2) is 12.7 Å². The second-order valence-electron chi connectivity index (χ2n) is 5.02. The van der Waals surface area contributed by atoms with Crippen LogP contribution in [0.2, 0.25) is 0 Å². The van der Waals surface area contributed by atoms with Gasteiger partial charge in [0.1, 0.15) is 6.61 Å². The molecule has 19 heavy (non-hydrogen) atoms. The average Bonchev–Trinajstić information content (AvgIpc) is 3.17. The van der Waals surface area contributed by atoms with Gasteiger partial charge in [0.2, 0.25) is 5.88 Å². The molecule has 0 aliphatic heterocycles. The standard InChI is InChI=1S/C14H23N3O2/c1-4-9-19-14-13(11(2)15-16(14)3)10-17(7-8-18)12-5-6-12/h4,12,18H,1,5-10H2,2-3H3. The van der Waals surface area contributed by atoms with Gasteiger partial charge in [-0.3, -0.25) is 4.90 Å². The molecule has 1 aliphatic rings. The third-order valence-electron chi connectivity index (χ3n) is 3.44. The minimum Gasteiger partial charge on any atom is -0.473 e. The van der Waals surface area contributed by atoms with Gasteiger partial charge in [0.05, 0.1) is 17.9 Å². The van der Waals surface area contributed by atoms with Crippen molar-refractivity contribution in [3.05, 3.63) is 23.9 Å². The van der Waals surface area contributed by atoms with E-state index in [1.807, 2.05) is 14.0 Å². The number of hydrogen-bond donors (Lipinski definition) is 1. The predicted molar refractivity (Wildman–Crippen MR) is 74.2 cm³/mol. The molecule has 0 bridgehead atoms. The highest BCUT2D eigenvalue weighted by molar-refractivity contribution is 5.31. The summed E-state index contributed by atoms with van der Waals surface area (Å²) in [6, 6.07) is 0.610. The van der Waals surface area contributed by atoms with Crippen LogP contribution in [-0.4, -0.2) is 45.6 Å². The van der Waals surface area contributed by atoms with Gasteiger partial charge in [-0.15, -0.1) is 0 Å². The van der Waals surface area contributed by atoms with E-state index in [0.29, 0.717) is 19.2 Å². The zero-order valence-corrected chi connectivity index (χ0v) is 11.8. The molecule has 1 heterocycles. The fourth-order valence-electron chi connectivity index (χ4n) is 2.34. The Morgan fingerprint density at radius 3 is 2.89 bits per heavy atom. The molecule has 0 amide bonds. The molecule has 1 aromatic rings. The van der Waals surface area contributed by atoms with E-state index in [1.54, 1.807) is 10.8 Å². The van der Waals surface area contributed by atoms with Gasteiger partial charge >= 0.3 is 0 Å². The van der Waals surface area contributed by atoms with Crippen LogP contribution >= 0.6 is 0 Å². The molecule has 0 spiro atoms. The summed E-state index contributed by atoms with van der Waals surface area (Å²) in [4.78, 5) is 2.31. The second kappa shape index (κ2) is 6.21. The third kappa shape index (κ3) is 3.36. The van der Waals surface area contributed by atoms with Gasteiger partial charge in [0.15, 0.2) is 0 Å². The molecule has 2 rings (SSSR count). The van der Waals surface area contributed by atoms with E-state index in [9.17, 15) is 0 Å². The molecular formula is C14H23N3O2. The second-order valence-corrected chi connectivity index (χ2v) is 5.02.